The van der Waals surface area contributed by atoms with Crippen molar-refractivity contribution < 1.29 is 4.79 Å². The van der Waals surface area contributed by atoms with Gasteiger partial charge in [-0.3, -0.25) is 4.79 Å². The van der Waals surface area contributed by atoms with Crippen molar-refractivity contribution in [2.24, 2.45) is 0 Å². The van der Waals surface area contributed by atoms with E-state index >= 15 is 0 Å². The van der Waals surface area contributed by atoms with E-state index in [2.05, 4.69) is 24.2 Å². The molecule has 0 aromatic rings. The van der Waals surface area contributed by atoms with Crippen molar-refractivity contribution in [3.05, 3.63) is 0 Å². The molecule has 1 saturated heterocycles. The fourth-order valence-corrected chi connectivity index (χ4v) is 2.13. The highest BCUT2D eigenvalue weighted by Crippen LogP contribution is 2.13. The van der Waals surface area contributed by atoms with E-state index in [1.807, 2.05) is 0 Å². The largest absolute Gasteiger partial charge is 0.356 e. The number of nitrogens with one attached hydrogen (secondary N) is 1. The summed E-state index contributed by atoms with van der Waals surface area (Å²) in [5.74, 6) is 0.225. The van der Waals surface area contributed by atoms with E-state index in [9.17, 15) is 4.79 Å². The number of rotatable bonds is 4. The predicted molar refractivity (Wildman–Crippen MR) is 62.8 cm³/mol. The minimum atomic E-state index is 0.225. The van der Waals surface area contributed by atoms with Crippen molar-refractivity contribution >= 4 is 5.91 Å². The quantitative estimate of drug-likeness (QED) is 0.720. The lowest BCUT2D eigenvalue weighted by atomic mass is 10.0. The summed E-state index contributed by atoms with van der Waals surface area (Å²) in [6, 6.07) is 0.455. The lowest BCUT2D eigenvalue weighted by molar-refractivity contribution is -0.122. The Morgan fingerprint density at radius 2 is 2.27 bits per heavy atom. The first kappa shape index (κ1) is 12.5. The van der Waals surface area contributed by atoms with Gasteiger partial charge in [0.1, 0.15) is 0 Å². The molecule has 0 saturated carbocycles. The van der Waals surface area contributed by atoms with E-state index in [0.717, 1.165) is 25.9 Å². The first-order chi connectivity index (χ1) is 7.24. The van der Waals surface area contributed by atoms with Crippen LogP contribution < -0.4 is 5.32 Å². The zero-order valence-corrected chi connectivity index (χ0v) is 10.1. The van der Waals surface area contributed by atoms with Crippen molar-refractivity contribution in [1.82, 2.24) is 10.2 Å². The molecule has 1 amide bonds. The van der Waals surface area contributed by atoms with Crippen LogP contribution >= 0.6 is 0 Å². The minimum Gasteiger partial charge on any atom is -0.356 e. The van der Waals surface area contributed by atoms with E-state index in [4.69, 9.17) is 0 Å². The molecule has 1 N–H and O–H groups in total. The van der Waals surface area contributed by atoms with Crippen molar-refractivity contribution in [1.29, 1.82) is 0 Å². The average molecular weight is 212 g/mol. The topological polar surface area (TPSA) is 32.3 Å². The molecule has 1 rings (SSSR count). The number of carbonyl (C=O) groups excluding carboxylic acids is 1. The molecule has 1 fully saturated rings. The van der Waals surface area contributed by atoms with Gasteiger partial charge < -0.3 is 10.2 Å². The second kappa shape index (κ2) is 6.83. The Morgan fingerprint density at radius 3 is 3.00 bits per heavy atom. The Bertz CT molecular complexity index is 194. The summed E-state index contributed by atoms with van der Waals surface area (Å²) >= 11 is 0. The first-order valence-corrected chi connectivity index (χ1v) is 6.21. The van der Waals surface area contributed by atoms with Crippen molar-refractivity contribution in [3.63, 3.8) is 0 Å². The molecule has 3 heteroatoms. The molecule has 1 aliphatic rings. The molecule has 15 heavy (non-hydrogen) atoms. The van der Waals surface area contributed by atoms with Crippen LogP contribution in [0.15, 0.2) is 0 Å². The molecule has 1 atom stereocenters. The van der Waals surface area contributed by atoms with E-state index < -0.39 is 0 Å². The third-order valence-electron chi connectivity index (χ3n) is 3.20. The number of nitrogens with zero attached hydrogens (tertiary/aromatic N) is 1. The molecule has 3 nitrogen and oxygen atoms in total. The van der Waals surface area contributed by atoms with E-state index in [-0.39, 0.29) is 5.91 Å². The van der Waals surface area contributed by atoms with Crippen molar-refractivity contribution in [2.75, 3.05) is 20.1 Å². The average Bonchev–Trinajstić information content (AvgIpc) is 2.21. The third kappa shape index (κ3) is 4.65. The summed E-state index contributed by atoms with van der Waals surface area (Å²) < 4.78 is 0. The van der Waals surface area contributed by atoms with Crippen LogP contribution in [0, 0.1) is 0 Å². The van der Waals surface area contributed by atoms with Crippen LogP contribution in [-0.4, -0.2) is 37.0 Å². The zero-order chi connectivity index (χ0) is 11.1. The maximum absolute atomic E-state index is 11.5. The minimum absolute atomic E-state index is 0.225. The summed E-state index contributed by atoms with van der Waals surface area (Å²) in [4.78, 5) is 13.8. The molecule has 0 radical (unpaired) electrons. The Morgan fingerprint density at radius 1 is 1.47 bits per heavy atom. The Hall–Kier alpha value is -0.570. The second-order valence-electron chi connectivity index (χ2n) is 4.54. The summed E-state index contributed by atoms with van der Waals surface area (Å²) in [5, 5.41) is 2.96. The van der Waals surface area contributed by atoms with E-state index in [0.29, 0.717) is 12.5 Å². The van der Waals surface area contributed by atoms with E-state index in [1.165, 1.54) is 19.3 Å². The van der Waals surface area contributed by atoms with Gasteiger partial charge in [0.2, 0.25) is 5.91 Å². The number of unbranched alkanes of at least 4 members (excludes halogenated alkanes) is 2. The van der Waals surface area contributed by atoms with Gasteiger partial charge in [-0.2, -0.15) is 0 Å². The Balaban J connectivity index is 2.37. The van der Waals surface area contributed by atoms with Crippen LogP contribution in [0.25, 0.3) is 0 Å². The lowest BCUT2D eigenvalue weighted by Gasteiger charge is -2.29. The maximum Gasteiger partial charge on any atom is 0.221 e. The highest BCUT2D eigenvalue weighted by Gasteiger charge is 2.19. The lowest BCUT2D eigenvalue weighted by Crippen LogP contribution is -2.41. The number of amides is 1. The summed E-state index contributed by atoms with van der Waals surface area (Å²) in [5.41, 5.74) is 0. The van der Waals surface area contributed by atoms with Crippen LogP contribution in [-0.2, 0) is 4.79 Å². The first-order valence-electron chi connectivity index (χ1n) is 6.21. The fourth-order valence-electron chi connectivity index (χ4n) is 2.13. The van der Waals surface area contributed by atoms with Crippen molar-refractivity contribution in [3.8, 4) is 0 Å². The highest BCUT2D eigenvalue weighted by molar-refractivity contribution is 5.76. The molecule has 0 spiro atoms. The van der Waals surface area contributed by atoms with Crippen molar-refractivity contribution in [2.45, 2.75) is 51.5 Å². The van der Waals surface area contributed by atoms with Crippen LogP contribution in [0.1, 0.15) is 45.4 Å². The molecular formula is C12H24N2O. The number of carbonyl (C=O) groups is 1. The van der Waals surface area contributed by atoms with Gasteiger partial charge in [0, 0.05) is 19.0 Å². The maximum atomic E-state index is 11.5. The molecule has 88 valence electrons. The predicted octanol–water partition coefficient (Wildman–Crippen LogP) is 1.78. The monoisotopic (exact) mass is 212 g/mol. The molecule has 1 unspecified atom stereocenters. The second-order valence-corrected chi connectivity index (χ2v) is 4.54. The van der Waals surface area contributed by atoms with Gasteiger partial charge in [-0.1, -0.05) is 26.2 Å². The number of hydrogen-bond donors (Lipinski definition) is 1. The molecule has 0 bridgehead atoms. The van der Waals surface area contributed by atoms with Gasteiger partial charge in [0.25, 0.3) is 0 Å². The standard InChI is InChI=1S/C12H24N2O/c1-3-4-5-7-11-10-12(15)13-8-6-9-14(11)2/h11H,3-10H2,1-2H3,(H,13,15). The van der Waals surface area contributed by atoms with Gasteiger partial charge in [-0.25, -0.2) is 0 Å². The zero-order valence-electron chi connectivity index (χ0n) is 10.1. The summed E-state index contributed by atoms with van der Waals surface area (Å²) in [6.07, 6.45) is 6.71. The SMILES string of the molecule is CCCCCC1CC(=O)NCCCN1C. The Labute approximate surface area is 93.2 Å². The molecule has 0 aliphatic carbocycles. The normalized spacial score (nSPS) is 24.4. The van der Waals surface area contributed by atoms with Gasteiger partial charge in [0.15, 0.2) is 0 Å². The van der Waals surface area contributed by atoms with Crippen LogP contribution in [0.4, 0.5) is 0 Å². The van der Waals surface area contributed by atoms with Crippen LogP contribution in [0.5, 0.6) is 0 Å². The molecule has 1 heterocycles. The van der Waals surface area contributed by atoms with Gasteiger partial charge in [-0.15, -0.1) is 0 Å². The molecule has 0 aromatic carbocycles. The molecule has 1 aliphatic heterocycles. The van der Waals surface area contributed by atoms with Gasteiger partial charge >= 0.3 is 0 Å². The van der Waals surface area contributed by atoms with Gasteiger partial charge in [0.05, 0.1) is 0 Å². The summed E-state index contributed by atoms with van der Waals surface area (Å²) in [6.45, 7) is 4.16. The fraction of sp³-hybridized carbons (Fsp3) is 0.917. The van der Waals surface area contributed by atoms with E-state index in [1.54, 1.807) is 0 Å². The smallest absolute Gasteiger partial charge is 0.221 e. The highest BCUT2D eigenvalue weighted by atomic mass is 16.1. The molecule has 0 aromatic heterocycles. The summed E-state index contributed by atoms with van der Waals surface area (Å²) in [7, 11) is 2.15. The van der Waals surface area contributed by atoms with Gasteiger partial charge in [-0.05, 0) is 26.4 Å². The number of hydrogen-bond acceptors (Lipinski definition) is 2. The Kier molecular flexibility index (Phi) is 5.69. The molecular weight excluding hydrogens is 188 g/mol. The van der Waals surface area contributed by atoms with Crippen LogP contribution in [0.2, 0.25) is 0 Å². The third-order valence-corrected chi connectivity index (χ3v) is 3.20. The van der Waals surface area contributed by atoms with Crippen LogP contribution in [0.3, 0.4) is 0 Å².